The quantitative estimate of drug-likeness (QED) is 0.102. The molecule has 3 rings (SSSR count). The molecule has 18 heteroatoms. The Balaban J connectivity index is 2.44. The van der Waals surface area contributed by atoms with Crippen LogP contribution >= 0.6 is 0 Å². The summed E-state index contributed by atoms with van der Waals surface area (Å²) in [5.74, 6) is 0.125. The lowest BCUT2D eigenvalue weighted by Crippen LogP contribution is -2.54. The van der Waals surface area contributed by atoms with Gasteiger partial charge in [0.05, 0.1) is 6.61 Å². The molecule has 2 aromatic rings. The van der Waals surface area contributed by atoms with Crippen molar-refractivity contribution in [3.05, 3.63) is 20.9 Å². The van der Waals surface area contributed by atoms with Crippen molar-refractivity contribution in [1.29, 1.82) is 0 Å². The van der Waals surface area contributed by atoms with Crippen molar-refractivity contribution in [3.63, 3.8) is 0 Å². The van der Waals surface area contributed by atoms with Gasteiger partial charge in [-0.05, 0) is 96.5 Å². The Morgan fingerprint density at radius 3 is 1.70 bits per heavy atom. The largest absolute Gasteiger partial charge is 0.414 e. The first-order valence-electron chi connectivity index (χ1n) is 17.3. The summed E-state index contributed by atoms with van der Waals surface area (Å²) in [6.07, 6.45) is -2.44. The van der Waals surface area contributed by atoms with Gasteiger partial charge in [0, 0.05) is 15.4 Å². The molecule has 280 valence electrons. The van der Waals surface area contributed by atoms with Gasteiger partial charge in [-0.3, -0.25) is 4.57 Å². The molecule has 1 N–H and O–H groups in total. The van der Waals surface area contributed by atoms with Gasteiger partial charge in [-0.1, -0.05) is 62.3 Å². The molecule has 0 aliphatic carbocycles. The lowest BCUT2D eigenvalue weighted by Gasteiger charge is -2.44. The maximum absolute atomic E-state index is 9.43. The van der Waals surface area contributed by atoms with E-state index in [-0.39, 0.29) is 38.0 Å². The first kappa shape index (κ1) is 41.9. The zero-order valence-corrected chi connectivity index (χ0v) is 36.6. The molecule has 1 aliphatic rings. The number of azide groups is 2. The Hall–Kier alpha value is -2.54. The van der Waals surface area contributed by atoms with E-state index in [1.807, 2.05) is 25.3 Å². The summed E-state index contributed by atoms with van der Waals surface area (Å²) in [7, 11) is -7.10. The van der Waals surface area contributed by atoms with Crippen LogP contribution < -0.4 is 5.32 Å². The van der Waals surface area contributed by atoms with Crippen LogP contribution in [0.3, 0.4) is 0 Å². The maximum atomic E-state index is 9.43. The first-order valence-corrected chi connectivity index (χ1v) is 26.0. The summed E-state index contributed by atoms with van der Waals surface area (Å²) in [6.45, 7) is 39.6. The van der Waals surface area contributed by atoms with E-state index in [1.165, 1.54) is 0 Å². The van der Waals surface area contributed by atoms with E-state index >= 15 is 0 Å². The molecule has 3 heterocycles. The molecular weight excluding hydrogens is 687 g/mol. The molecule has 15 nitrogen and oxygen atoms in total. The molecule has 4 atom stereocenters. The molecule has 0 amide bonds. The van der Waals surface area contributed by atoms with E-state index in [1.54, 1.807) is 0 Å². The number of anilines is 1. The molecule has 2 aromatic heterocycles. The minimum absolute atomic E-state index is 0.0194. The third kappa shape index (κ3) is 9.08. The van der Waals surface area contributed by atoms with Gasteiger partial charge in [0.2, 0.25) is 11.9 Å². The number of nitrogens with zero attached hydrogens (tertiary/aromatic N) is 10. The van der Waals surface area contributed by atoms with Crippen LogP contribution in [0.1, 0.15) is 89.3 Å². The Labute approximate surface area is 301 Å². The first-order chi connectivity index (χ1) is 22.5. The van der Waals surface area contributed by atoms with Gasteiger partial charge in [0.1, 0.15) is 23.8 Å². The predicted octanol–water partition coefficient (Wildman–Crippen LogP) is 10.6. The highest BCUT2D eigenvalue weighted by molar-refractivity contribution is 6.75. The van der Waals surface area contributed by atoms with Gasteiger partial charge < -0.3 is 23.3 Å². The Morgan fingerprint density at radius 1 is 0.740 bits per heavy atom. The van der Waals surface area contributed by atoms with Gasteiger partial charge in [0.15, 0.2) is 42.6 Å². The second-order valence-electron chi connectivity index (χ2n) is 18.9. The lowest BCUT2D eigenvalue weighted by atomic mass is 10.1. The Bertz CT molecular complexity index is 1640. The third-order valence-corrected chi connectivity index (χ3v) is 24.1. The van der Waals surface area contributed by atoms with E-state index in [4.69, 9.17) is 23.0 Å². The zero-order valence-electron chi connectivity index (χ0n) is 33.6. The fourth-order valence-corrected chi connectivity index (χ4v) is 8.29. The second-order valence-corrected chi connectivity index (χ2v) is 33.2. The van der Waals surface area contributed by atoms with E-state index in [2.05, 4.69) is 137 Å². The summed E-state index contributed by atoms with van der Waals surface area (Å²) in [5.41, 5.74) is 18.8. The lowest BCUT2D eigenvalue weighted by molar-refractivity contribution is -0.0461. The Morgan fingerprint density at radius 2 is 1.24 bits per heavy atom. The van der Waals surface area contributed by atoms with Crippen molar-refractivity contribution in [2.75, 3.05) is 11.9 Å². The van der Waals surface area contributed by atoms with Crippen molar-refractivity contribution in [1.82, 2.24) is 19.5 Å². The number of imidazole rings is 1. The smallest absolute Gasteiger partial charge is 0.219 e. The summed E-state index contributed by atoms with van der Waals surface area (Å²) < 4.78 is 30.5. The van der Waals surface area contributed by atoms with Crippen LogP contribution in [0.5, 0.6) is 0 Å². The monoisotopic (exact) mass is 747 g/mol. The van der Waals surface area contributed by atoms with Crippen molar-refractivity contribution in [2.24, 2.45) is 10.2 Å². The van der Waals surface area contributed by atoms with Crippen LogP contribution in [-0.4, -0.2) is 74.9 Å². The van der Waals surface area contributed by atoms with Gasteiger partial charge in [0.25, 0.3) is 0 Å². The SMILES string of the molecule is CC(C)(C)Nc1nc2c(N=[N+]=[N-])nc(N=[N+]=[N-])nc2n1[C@@H]1O[C@H](CO[Si](C)(C)C(C)(C)C)[C@@H](O[Si](C)(C)C(C)(C)C)[C@H]1O[Si](C)(C)C(C)(C)C. The van der Waals surface area contributed by atoms with Crippen LogP contribution in [0.25, 0.3) is 32.0 Å². The predicted molar refractivity (Wildman–Crippen MR) is 208 cm³/mol. The van der Waals surface area contributed by atoms with Crippen molar-refractivity contribution < 1.29 is 18.0 Å². The second kappa shape index (κ2) is 14.1. The maximum Gasteiger partial charge on any atom is 0.219 e. The minimum Gasteiger partial charge on any atom is -0.414 e. The summed E-state index contributed by atoms with van der Waals surface area (Å²) in [4.78, 5) is 19.6. The van der Waals surface area contributed by atoms with Gasteiger partial charge in [-0.25, -0.2) is 15.0 Å². The fourth-order valence-electron chi connectivity index (χ4n) is 4.67. The Kier molecular flexibility index (Phi) is 11.8. The van der Waals surface area contributed by atoms with E-state index in [9.17, 15) is 11.1 Å². The summed E-state index contributed by atoms with van der Waals surface area (Å²) in [5, 5.41) is 10.7. The average Bonchev–Trinajstić information content (AvgIpc) is 3.41. The van der Waals surface area contributed by atoms with Gasteiger partial charge in [-0.2, -0.15) is 0 Å². The number of ether oxygens (including phenoxy) is 1. The van der Waals surface area contributed by atoms with Crippen molar-refractivity contribution >= 4 is 53.8 Å². The number of hydrogen-bond donors (Lipinski definition) is 1. The molecule has 0 unspecified atom stereocenters. The summed E-state index contributed by atoms with van der Waals surface area (Å²) in [6, 6.07) is 0. The number of nitrogens with one attached hydrogen (secondary N) is 1. The van der Waals surface area contributed by atoms with Crippen LogP contribution in [0.2, 0.25) is 54.4 Å². The van der Waals surface area contributed by atoms with Crippen LogP contribution in [-0.2, 0) is 18.0 Å². The molecule has 0 radical (unpaired) electrons. The highest BCUT2D eigenvalue weighted by Crippen LogP contribution is 2.48. The number of rotatable bonds is 11. The fraction of sp³-hybridized carbons (Fsp3) is 0.844. The standard InChI is InChI=1S/C32H61N11O4Si3/c1-29(2,3)38-28-35-21-24(39-41-33)36-27(40-42-34)37-25(21)43(28)26-23(47-50(17,18)32(10,11)12)22(46-49(15,16)31(7,8)9)20(45-26)19-44-48(13,14)30(4,5)6/h20,22-23,26H,19H2,1-18H3,(H,35,38)/t20-,22-,23-,26-/m1/s1. The molecule has 50 heavy (non-hydrogen) atoms. The van der Waals surface area contributed by atoms with E-state index < -0.39 is 55.0 Å². The van der Waals surface area contributed by atoms with Crippen molar-refractivity contribution in [3.8, 4) is 0 Å². The van der Waals surface area contributed by atoms with Crippen LogP contribution in [0.15, 0.2) is 10.2 Å². The molecule has 1 saturated heterocycles. The van der Waals surface area contributed by atoms with Crippen LogP contribution in [0, 0.1) is 0 Å². The number of fused-ring (bicyclic) bond motifs is 1. The van der Waals surface area contributed by atoms with Gasteiger partial charge >= 0.3 is 0 Å². The van der Waals surface area contributed by atoms with E-state index in [0.29, 0.717) is 12.6 Å². The minimum atomic E-state index is -2.48. The average molecular weight is 748 g/mol. The number of hydrogen-bond acceptors (Lipinski definition) is 10. The molecule has 0 saturated carbocycles. The zero-order chi connectivity index (χ0) is 38.5. The topological polar surface area (TPSA) is 190 Å². The highest BCUT2D eigenvalue weighted by Gasteiger charge is 2.55. The highest BCUT2D eigenvalue weighted by atomic mass is 28.4. The normalized spacial score (nSPS) is 21.2. The summed E-state index contributed by atoms with van der Waals surface area (Å²) >= 11 is 0. The molecule has 0 aromatic carbocycles. The van der Waals surface area contributed by atoms with Crippen LogP contribution in [0.4, 0.5) is 17.7 Å². The molecule has 1 aliphatic heterocycles. The molecule has 0 spiro atoms. The number of aromatic nitrogens is 4. The van der Waals surface area contributed by atoms with E-state index in [0.717, 1.165) is 0 Å². The third-order valence-electron chi connectivity index (χ3n) is 10.7. The molecular formula is C32H61N11O4Si3. The molecule has 1 fully saturated rings. The van der Waals surface area contributed by atoms with Gasteiger partial charge in [-0.15, -0.1) is 0 Å². The molecule has 0 bridgehead atoms. The van der Waals surface area contributed by atoms with Crippen molar-refractivity contribution in [2.45, 2.75) is 168 Å².